The van der Waals surface area contributed by atoms with Crippen molar-refractivity contribution >= 4 is 44.8 Å². The zero-order chi connectivity index (χ0) is 26.3. The second-order valence-corrected chi connectivity index (χ2v) is 9.97. The molecule has 0 aliphatic carbocycles. The molecule has 0 unspecified atom stereocenters. The molecule has 36 heavy (non-hydrogen) atoms. The highest BCUT2D eigenvalue weighted by Crippen LogP contribution is 2.36. The Morgan fingerprint density at radius 2 is 1.89 bits per heavy atom. The van der Waals surface area contributed by atoms with Gasteiger partial charge in [0.25, 0.3) is 0 Å². The summed E-state index contributed by atoms with van der Waals surface area (Å²) in [4.78, 5) is 19.4. The number of benzene rings is 2. The van der Waals surface area contributed by atoms with E-state index in [1.165, 1.54) is 19.2 Å². The molecule has 0 radical (unpaired) electrons. The van der Waals surface area contributed by atoms with Gasteiger partial charge in [-0.15, -0.1) is 0 Å². The van der Waals surface area contributed by atoms with Crippen LogP contribution in [-0.4, -0.2) is 37.6 Å². The summed E-state index contributed by atoms with van der Waals surface area (Å²) < 4.78 is 80.3. The molecular weight excluding hydrogens is 504 g/mol. The van der Waals surface area contributed by atoms with Crippen LogP contribution in [0, 0.1) is 5.82 Å². The summed E-state index contributed by atoms with van der Waals surface area (Å²) in [7, 11) is -2.56. The van der Waals surface area contributed by atoms with Crippen molar-refractivity contribution in [3.8, 4) is 0 Å². The highest BCUT2D eigenvalue weighted by molar-refractivity contribution is 7.92. The van der Waals surface area contributed by atoms with Crippen LogP contribution in [0.25, 0.3) is 0 Å². The number of fused-ring (bicyclic) bond motifs is 1. The second kappa shape index (κ2) is 9.26. The summed E-state index contributed by atoms with van der Waals surface area (Å²) >= 11 is 0. The van der Waals surface area contributed by atoms with E-state index in [-0.39, 0.29) is 29.5 Å². The van der Waals surface area contributed by atoms with Crippen LogP contribution in [0.4, 0.5) is 46.4 Å². The molecule has 2 heterocycles. The maximum Gasteiger partial charge on any atom is 0.421 e. The molecule has 0 spiro atoms. The second-order valence-electron chi connectivity index (χ2n) is 7.96. The molecular formula is C22H20F4N6O3S. The van der Waals surface area contributed by atoms with Gasteiger partial charge in [0.2, 0.25) is 21.9 Å². The number of anilines is 5. The Labute approximate surface area is 203 Å². The zero-order valence-corrected chi connectivity index (χ0v) is 19.8. The maximum absolute atomic E-state index is 14.6. The normalized spacial score (nSPS) is 13.2. The quantitative estimate of drug-likeness (QED) is 0.402. The Morgan fingerprint density at radius 1 is 1.17 bits per heavy atom. The van der Waals surface area contributed by atoms with Crippen molar-refractivity contribution in [2.24, 2.45) is 0 Å². The van der Waals surface area contributed by atoms with Gasteiger partial charge in [0.15, 0.2) is 0 Å². The molecule has 0 saturated carbocycles. The highest BCUT2D eigenvalue weighted by atomic mass is 32.2. The lowest BCUT2D eigenvalue weighted by Crippen LogP contribution is -2.26. The lowest BCUT2D eigenvalue weighted by molar-refractivity contribution is -0.137. The van der Waals surface area contributed by atoms with Gasteiger partial charge < -0.3 is 16.0 Å². The Morgan fingerprint density at radius 3 is 2.58 bits per heavy atom. The van der Waals surface area contributed by atoms with E-state index in [1.54, 1.807) is 18.2 Å². The minimum Gasteiger partial charge on any atom is -0.365 e. The van der Waals surface area contributed by atoms with Crippen LogP contribution in [0.3, 0.4) is 0 Å². The average molecular weight is 525 g/mol. The van der Waals surface area contributed by atoms with Crippen molar-refractivity contribution in [1.82, 2.24) is 9.97 Å². The monoisotopic (exact) mass is 524 g/mol. The first kappa shape index (κ1) is 25.2. The average Bonchev–Trinajstić information content (AvgIpc) is 3.17. The van der Waals surface area contributed by atoms with E-state index in [9.17, 15) is 30.8 Å². The Hall–Kier alpha value is -3.94. The largest absolute Gasteiger partial charge is 0.421 e. The molecule has 0 fully saturated rings. The molecule has 1 aliphatic heterocycles. The maximum atomic E-state index is 14.6. The van der Waals surface area contributed by atoms with Crippen molar-refractivity contribution in [3.05, 3.63) is 65.1 Å². The topological polar surface area (TPSA) is 116 Å². The first-order chi connectivity index (χ1) is 16.8. The van der Waals surface area contributed by atoms with Gasteiger partial charge in [0.1, 0.15) is 17.2 Å². The van der Waals surface area contributed by atoms with Crippen LogP contribution in [0.1, 0.15) is 16.7 Å². The van der Waals surface area contributed by atoms with Gasteiger partial charge in [-0.05, 0) is 24.3 Å². The molecule has 3 aromatic rings. The number of carbonyl (C=O) groups excluding carboxylic acids is 1. The highest BCUT2D eigenvalue weighted by Gasteiger charge is 2.35. The van der Waals surface area contributed by atoms with Crippen LogP contribution in [0.15, 0.2) is 42.6 Å². The zero-order valence-electron chi connectivity index (χ0n) is 18.9. The number of carbonyl (C=O) groups is 1. The van der Waals surface area contributed by atoms with Crippen LogP contribution in [0.2, 0.25) is 0 Å². The number of aromatic nitrogens is 2. The first-order valence-electron chi connectivity index (χ1n) is 10.4. The minimum atomic E-state index is -4.83. The van der Waals surface area contributed by atoms with Gasteiger partial charge in [0.05, 0.1) is 18.4 Å². The molecule has 2 aromatic carbocycles. The molecule has 1 amide bonds. The molecule has 1 aliphatic rings. The van der Waals surface area contributed by atoms with E-state index < -0.39 is 39.9 Å². The Kier molecular flexibility index (Phi) is 6.47. The lowest BCUT2D eigenvalue weighted by atomic mass is 10.1. The summed E-state index contributed by atoms with van der Waals surface area (Å²) in [6.07, 6.45) is -3.25. The standard InChI is InChI=1S/C22H20F4N6O3S/c1-32(36(2,34)35)18-8-3-5-15(23)13(18)10-27-20-14(22(24,25)26)11-28-21(31-20)30-17-7-4-6-16-12(17)9-19(33)29-16/h3-8,11H,9-10H2,1-2H3,(H,29,33)(H2,27,28,30,31). The predicted octanol–water partition coefficient (Wildman–Crippen LogP) is 3.88. The first-order valence-corrected chi connectivity index (χ1v) is 12.3. The van der Waals surface area contributed by atoms with Crippen LogP contribution in [0.5, 0.6) is 0 Å². The molecule has 3 N–H and O–H groups in total. The van der Waals surface area contributed by atoms with Crippen molar-refractivity contribution in [2.45, 2.75) is 19.1 Å². The van der Waals surface area contributed by atoms with Crippen molar-refractivity contribution in [2.75, 3.05) is 33.6 Å². The number of rotatable bonds is 7. The fraction of sp³-hybridized carbons (Fsp3) is 0.227. The van der Waals surface area contributed by atoms with Gasteiger partial charge in [-0.1, -0.05) is 12.1 Å². The number of hydrogen-bond acceptors (Lipinski definition) is 7. The number of amides is 1. The van der Waals surface area contributed by atoms with E-state index in [2.05, 4.69) is 25.9 Å². The number of nitrogens with one attached hydrogen (secondary N) is 3. The summed E-state index contributed by atoms with van der Waals surface area (Å²) in [6.45, 7) is -0.499. The fourth-order valence-corrected chi connectivity index (χ4v) is 4.17. The van der Waals surface area contributed by atoms with Gasteiger partial charge in [0, 0.05) is 42.3 Å². The Bertz CT molecular complexity index is 1450. The molecule has 14 heteroatoms. The third kappa shape index (κ3) is 5.17. The minimum absolute atomic E-state index is 0.0389. The molecule has 0 atom stereocenters. The third-order valence-electron chi connectivity index (χ3n) is 5.49. The van der Waals surface area contributed by atoms with E-state index in [1.807, 2.05) is 0 Å². The SMILES string of the molecule is CN(c1cccc(F)c1CNc1nc(Nc2cccc3c2CC(=O)N3)ncc1C(F)(F)F)S(C)(=O)=O. The number of halogens is 4. The number of sulfonamides is 1. The summed E-state index contributed by atoms with van der Waals surface area (Å²) in [5.41, 5.74) is 0.207. The summed E-state index contributed by atoms with van der Waals surface area (Å²) in [6, 6.07) is 8.66. The number of alkyl halides is 3. The summed E-state index contributed by atoms with van der Waals surface area (Å²) in [5.74, 6) is -1.87. The van der Waals surface area contributed by atoms with Crippen LogP contribution >= 0.6 is 0 Å². The smallest absolute Gasteiger partial charge is 0.365 e. The summed E-state index contributed by atoms with van der Waals surface area (Å²) in [5, 5.41) is 7.96. The van der Waals surface area contributed by atoms with Crippen LogP contribution in [-0.2, 0) is 34.0 Å². The number of nitrogens with zero attached hydrogens (tertiary/aromatic N) is 3. The van der Waals surface area contributed by atoms with Crippen molar-refractivity contribution in [1.29, 1.82) is 0 Å². The van der Waals surface area contributed by atoms with Gasteiger partial charge >= 0.3 is 6.18 Å². The van der Waals surface area contributed by atoms with E-state index in [4.69, 9.17) is 0 Å². The van der Waals surface area contributed by atoms with Crippen molar-refractivity contribution < 1.29 is 30.8 Å². The predicted molar refractivity (Wildman–Crippen MR) is 126 cm³/mol. The molecule has 0 bridgehead atoms. The number of hydrogen-bond donors (Lipinski definition) is 3. The molecule has 0 saturated heterocycles. The lowest BCUT2D eigenvalue weighted by Gasteiger charge is -2.21. The molecule has 4 rings (SSSR count). The fourth-order valence-electron chi connectivity index (χ4n) is 3.64. The van der Waals surface area contributed by atoms with Crippen LogP contribution < -0.4 is 20.3 Å². The molecule has 1 aromatic heterocycles. The van der Waals surface area contributed by atoms with Gasteiger partial charge in [-0.2, -0.15) is 18.2 Å². The Balaban J connectivity index is 1.67. The molecule has 9 nitrogen and oxygen atoms in total. The van der Waals surface area contributed by atoms with E-state index >= 15 is 0 Å². The van der Waals surface area contributed by atoms with Gasteiger partial charge in [-0.3, -0.25) is 9.10 Å². The van der Waals surface area contributed by atoms with E-state index in [0.717, 1.165) is 16.6 Å². The van der Waals surface area contributed by atoms with Gasteiger partial charge in [-0.25, -0.2) is 17.8 Å². The van der Waals surface area contributed by atoms with Crippen molar-refractivity contribution in [3.63, 3.8) is 0 Å². The van der Waals surface area contributed by atoms with E-state index in [0.29, 0.717) is 23.1 Å². The third-order valence-corrected chi connectivity index (χ3v) is 6.68. The molecule has 190 valence electrons.